The average Bonchev–Trinajstić information content (AvgIpc) is 3.32. The summed E-state index contributed by atoms with van der Waals surface area (Å²) in [4.78, 5) is 13.0. The molecule has 0 aliphatic carbocycles. The van der Waals surface area contributed by atoms with E-state index in [2.05, 4.69) is 0 Å². The van der Waals surface area contributed by atoms with E-state index in [1.165, 1.54) is 30.0 Å². The number of carbonyl (C=O) groups excluding carboxylic acids is 1. The zero-order chi connectivity index (χ0) is 27.7. The Kier molecular flexibility index (Phi) is 8.15. The fourth-order valence-corrected chi connectivity index (χ4v) is 11.4. The van der Waals surface area contributed by atoms with Gasteiger partial charge in [0.25, 0.3) is 0 Å². The maximum Gasteiger partial charge on any atom is 0.524 e. The van der Waals surface area contributed by atoms with Crippen molar-refractivity contribution in [3.05, 3.63) is 102 Å². The molecule has 4 rings (SSSR count). The molecule has 0 N–H and O–H groups in total. The molecule has 0 bridgehead atoms. The van der Waals surface area contributed by atoms with Crippen LogP contribution in [0.4, 0.5) is 13.2 Å². The Balaban J connectivity index is 1.89. The van der Waals surface area contributed by atoms with Crippen LogP contribution in [0.15, 0.2) is 108 Å². The van der Waals surface area contributed by atoms with Gasteiger partial charge < -0.3 is 0 Å². The molecule has 0 aliphatic heterocycles. The van der Waals surface area contributed by atoms with E-state index >= 15 is 0 Å². The summed E-state index contributed by atoms with van der Waals surface area (Å²) in [5.74, 6) is -0.0624. The molecule has 0 unspecified atom stereocenters. The summed E-state index contributed by atoms with van der Waals surface area (Å²) in [5.41, 5.74) is -3.31. The predicted molar refractivity (Wildman–Crippen MR) is 146 cm³/mol. The number of hydrogen-bond acceptors (Lipinski definition) is 6. The van der Waals surface area contributed by atoms with Gasteiger partial charge in [0.2, 0.25) is 0 Å². The van der Waals surface area contributed by atoms with Crippen LogP contribution in [-0.4, -0.2) is 19.7 Å². The Labute approximate surface area is 229 Å². The third kappa shape index (κ3) is 5.86. The lowest BCUT2D eigenvalue weighted by Crippen LogP contribution is -2.27. The van der Waals surface area contributed by atoms with E-state index < -0.39 is 25.9 Å². The molecule has 0 aliphatic rings. The van der Waals surface area contributed by atoms with Gasteiger partial charge in [0, 0.05) is 20.2 Å². The summed E-state index contributed by atoms with van der Waals surface area (Å²) in [6.45, 7) is 5.13. The second-order valence-corrected chi connectivity index (χ2v) is 15.5. The first-order chi connectivity index (χ1) is 17.8. The van der Waals surface area contributed by atoms with Gasteiger partial charge in [-0.05, 0) is 79.6 Å². The van der Waals surface area contributed by atoms with E-state index in [0.29, 0.717) is 19.6 Å². The molecule has 1 heterocycles. The van der Waals surface area contributed by atoms with Gasteiger partial charge in [0.15, 0.2) is 5.78 Å². The summed E-state index contributed by atoms with van der Waals surface area (Å²) in [5, 5.41) is 0. The van der Waals surface area contributed by atoms with Crippen LogP contribution >= 0.6 is 33.4 Å². The van der Waals surface area contributed by atoms with Gasteiger partial charge in [-0.3, -0.25) is 4.79 Å². The first kappa shape index (κ1) is 28.4. The molecule has 4 aromatic rings. The topological polar surface area (TPSA) is 60.4 Å². The first-order valence-corrected chi connectivity index (χ1v) is 15.8. The van der Waals surface area contributed by atoms with E-state index in [4.69, 9.17) is 3.63 Å². The molecule has 1 aromatic heterocycles. The van der Waals surface area contributed by atoms with Crippen LogP contribution < -0.4 is 0 Å². The maximum absolute atomic E-state index is 13.7. The van der Waals surface area contributed by atoms with Crippen molar-refractivity contribution in [2.75, 3.05) is 0 Å². The monoisotopic (exact) mass is 596 g/mol. The van der Waals surface area contributed by atoms with Crippen LogP contribution in [0.5, 0.6) is 0 Å². The molecule has 3 aromatic carbocycles. The van der Waals surface area contributed by atoms with Gasteiger partial charge in [-0.25, -0.2) is 0 Å². The Morgan fingerprint density at radius 1 is 0.789 bits per heavy atom. The van der Waals surface area contributed by atoms with E-state index in [9.17, 15) is 26.4 Å². The molecule has 0 radical (unpaired) electrons. The van der Waals surface area contributed by atoms with Crippen LogP contribution in [0.2, 0.25) is 0 Å². The highest BCUT2D eigenvalue weighted by atomic mass is 32.3. The zero-order valence-corrected chi connectivity index (χ0v) is 23.7. The van der Waals surface area contributed by atoms with Crippen molar-refractivity contribution in [3.63, 3.8) is 0 Å². The summed E-state index contributed by atoms with van der Waals surface area (Å²) in [7, 11) is -9.32. The number of benzene rings is 3. The second kappa shape index (κ2) is 10.9. The summed E-state index contributed by atoms with van der Waals surface area (Å²) in [6, 6.07) is 23.7. The Morgan fingerprint density at radius 2 is 1.29 bits per heavy atom. The van der Waals surface area contributed by atoms with Crippen LogP contribution in [0, 0.1) is 13.8 Å². The van der Waals surface area contributed by atoms with Gasteiger partial charge >= 0.3 is 15.6 Å². The summed E-state index contributed by atoms with van der Waals surface area (Å²) < 4.78 is 72.6. The Bertz CT molecular complexity index is 1500. The van der Waals surface area contributed by atoms with Crippen molar-refractivity contribution in [1.82, 2.24) is 0 Å². The van der Waals surface area contributed by atoms with Crippen LogP contribution in [0.25, 0.3) is 0 Å². The van der Waals surface area contributed by atoms with Crippen molar-refractivity contribution < 1.29 is 30.0 Å². The number of aryl methyl sites for hydroxylation is 2. The number of rotatable bonds is 8. The van der Waals surface area contributed by atoms with Crippen molar-refractivity contribution >= 4 is 49.3 Å². The largest absolute Gasteiger partial charge is 0.524 e. The van der Waals surface area contributed by atoms with Gasteiger partial charge in [-0.2, -0.15) is 25.2 Å². The van der Waals surface area contributed by atoms with Crippen LogP contribution in [-0.2, 0) is 13.7 Å². The van der Waals surface area contributed by atoms with Gasteiger partial charge in [0.05, 0.1) is 8.42 Å². The molecule has 4 nitrogen and oxygen atoms in total. The molecular formula is C27H23F3O4S4. The van der Waals surface area contributed by atoms with Gasteiger partial charge in [-0.1, -0.05) is 59.3 Å². The molecule has 0 spiro atoms. The third-order valence-corrected chi connectivity index (χ3v) is 13.1. The molecule has 0 atom stereocenters. The van der Waals surface area contributed by atoms with E-state index in [1.807, 2.05) is 13.8 Å². The number of Topliss-reactive ketones (excluding diaryl/α,β-unsaturated/α-hetero) is 1. The Hall–Kier alpha value is -2.57. The lowest BCUT2D eigenvalue weighted by atomic mass is 10.2. The fourth-order valence-electron chi connectivity index (χ4n) is 3.50. The number of alkyl halides is 3. The average molecular weight is 597 g/mol. The SMILES string of the molecule is CC(=O)c1ccc(Sc2ccc(S(OS(=O)(=O)C(F)(F)F)(c3ccc(C)cc3)c3ccc(C)cc3)s2)cc1. The first-order valence-electron chi connectivity index (χ1n) is 11.2. The lowest BCUT2D eigenvalue weighted by molar-refractivity contribution is -0.0496. The highest BCUT2D eigenvalue weighted by Gasteiger charge is 2.52. The molecule has 0 saturated carbocycles. The van der Waals surface area contributed by atoms with Crippen LogP contribution in [0.3, 0.4) is 0 Å². The zero-order valence-electron chi connectivity index (χ0n) is 20.5. The van der Waals surface area contributed by atoms with Crippen molar-refractivity contribution in [2.24, 2.45) is 0 Å². The second-order valence-electron chi connectivity index (χ2n) is 8.41. The molecule has 11 heteroatoms. The normalized spacial score (nSPS) is 12.9. The molecule has 0 fully saturated rings. The molecular weight excluding hydrogens is 574 g/mol. The minimum absolute atomic E-state index is 0.0624. The molecule has 200 valence electrons. The standard InChI is InChI=1S/C27H23F3O4S4/c1-18-4-12-23(13-5-18)37(24-14-6-19(2)7-15-24,34-38(32,33)27(28,29)30)26-17-16-25(36-26)35-22-10-8-21(9-11-22)20(3)31/h4-17H,1-3H3. The minimum atomic E-state index is -5.98. The van der Waals surface area contributed by atoms with E-state index in [0.717, 1.165) is 20.2 Å². The maximum atomic E-state index is 13.7. The van der Waals surface area contributed by atoms with Gasteiger partial charge in [-0.15, -0.1) is 11.3 Å². The summed E-state index contributed by atoms with van der Waals surface area (Å²) in [6.07, 6.45) is 0. The highest BCUT2D eigenvalue weighted by molar-refractivity contribution is 8.34. The molecule has 0 amide bonds. The predicted octanol–water partition coefficient (Wildman–Crippen LogP) is 8.78. The highest BCUT2D eigenvalue weighted by Crippen LogP contribution is 2.72. The minimum Gasteiger partial charge on any atom is -0.295 e. The smallest absolute Gasteiger partial charge is 0.295 e. The molecule has 38 heavy (non-hydrogen) atoms. The number of hydrogen-bond donors (Lipinski definition) is 0. The third-order valence-electron chi connectivity index (χ3n) is 5.50. The lowest BCUT2D eigenvalue weighted by Gasteiger charge is -2.38. The van der Waals surface area contributed by atoms with E-state index in [1.54, 1.807) is 84.9 Å². The fraction of sp³-hybridized carbons (Fsp3) is 0.148. The van der Waals surface area contributed by atoms with Crippen molar-refractivity contribution in [2.45, 2.75) is 49.4 Å². The number of ketones is 1. The number of thiophene rings is 1. The van der Waals surface area contributed by atoms with Crippen molar-refractivity contribution in [3.8, 4) is 0 Å². The van der Waals surface area contributed by atoms with Crippen molar-refractivity contribution in [1.29, 1.82) is 0 Å². The molecule has 0 saturated heterocycles. The number of halogens is 3. The van der Waals surface area contributed by atoms with Gasteiger partial charge in [0.1, 0.15) is 0 Å². The quantitative estimate of drug-likeness (QED) is 0.150. The summed E-state index contributed by atoms with van der Waals surface area (Å²) >= 11 is 2.53. The number of carbonyl (C=O) groups is 1. The van der Waals surface area contributed by atoms with Crippen LogP contribution in [0.1, 0.15) is 28.4 Å². The Morgan fingerprint density at radius 3 is 1.74 bits per heavy atom. The van der Waals surface area contributed by atoms with E-state index in [-0.39, 0.29) is 5.78 Å².